The van der Waals surface area contributed by atoms with Crippen molar-refractivity contribution in [3.8, 4) is 11.1 Å². The van der Waals surface area contributed by atoms with Crippen molar-refractivity contribution in [1.29, 1.82) is 0 Å². The monoisotopic (exact) mass is 471 g/mol. The average molecular weight is 472 g/mol. The van der Waals surface area contributed by atoms with Gasteiger partial charge in [0.2, 0.25) is 0 Å². The van der Waals surface area contributed by atoms with Crippen LogP contribution >= 0.6 is 22.9 Å². The van der Waals surface area contributed by atoms with Crippen LogP contribution in [0.15, 0.2) is 48.0 Å². The number of fused-ring (bicyclic) bond motifs is 1. The highest BCUT2D eigenvalue weighted by atomic mass is 35.5. The van der Waals surface area contributed by atoms with Crippen LogP contribution in [-0.2, 0) is 12.7 Å². The Kier molecular flexibility index (Phi) is 5.44. The highest BCUT2D eigenvalue weighted by Crippen LogP contribution is 2.37. The van der Waals surface area contributed by atoms with Gasteiger partial charge in [-0.15, -0.1) is 11.3 Å². The smallest absolute Gasteiger partial charge is 0.346 e. The number of halogens is 6. The lowest BCUT2D eigenvalue weighted by molar-refractivity contribution is -0.136. The fourth-order valence-electron chi connectivity index (χ4n) is 2.97. The van der Waals surface area contributed by atoms with Crippen molar-refractivity contribution in [2.45, 2.75) is 12.7 Å². The maximum absolute atomic E-state index is 13.7. The van der Waals surface area contributed by atoms with Crippen molar-refractivity contribution in [3.05, 3.63) is 80.9 Å². The third-order valence-corrected chi connectivity index (χ3v) is 5.68. The number of alkyl halides is 3. The normalized spacial score (nSPS) is 11.8. The number of nitrogens with zero attached hydrogens (tertiary/aromatic N) is 2. The number of aromatic nitrogens is 2. The quantitative estimate of drug-likeness (QED) is 0.374. The molecular formula is C20H11ClF5N3OS. The number of thiophene rings is 1. The molecule has 4 rings (SSSR count). The highest BCUT2D eigenvalue weighted by molar-refractivity contribution is 7.09. The van der Waals surface area contributed by atoms with E-state index in [1.807, 2.05) is 5.38 Å². The zero-order chi connectivity index (χ0) is 22.3. The molecule has 1 N–H and O–H groups in total. The summed E-state index contributed by atoms with van der Waals surface area (Å²) in [6, 6.07) is 7.04. The average Bonchev–Trinajstić information content (AvgIpc) is 3.35. The molecule has 4 aromatic rings. The van der Waals surface area contributed by atoms with Gasteiger partial charge in [-0.25, -0.2) is 13.8 Å². The third-order valence-electron chi connectivity index (χ3n) is 4.44. The first-order valence-electron chi connectivity index (χ1n) is 8.70. The second kappa shape index (κ2) is 7.93. The number of hydrogen-bond acceptors (Lipinski definition) is 3. The lowest BCUT2D eigenvalue weighted by atomic mass is 10.1. The van der Waals surface area contributed by atoms with Gasteiger partial charge in [-0.3, -0.25) is 9.20 Å². The van der Waals surface area contributed by atoms with Crippen LogP contribution in [-0.4, -0.2) is 15.3 Å². The summed E-state index contributed by atoms with van der Waals surface area (Å²) in [7, 11) is 0. The number of benzene rings is 1. The van der Waals surface area contributed by atoms with Crippen molar-refractivity contribution in [2.75, 3.05) is 0 Å². The van der Waals surface area contributed by atoms with Gasteiger partial charge < -0.3 is 5.32 Å². The van der Waals surface area contributed by atoms with Crippen molar-refractivity contribution < 1.29 is 26.7 Å². The number of nitrogens with one attached hydrogen (secondary N) is 1. The summed E-state index contributed by atoms with van der Waals surface area (Å²) in [6.45, 7) is 0.160. The van der Waals surface area contributed by atoms with Crippen molar-refractivity contribution in [1.82, 2.24) is 14.7 Å². The maximum Gasteiger partial charge on any atom is 0.420 e. The van der Waals surface area contributed by atoms with E-state index in [1.54, 1.807) is 12.1 Å². The molecule has 3 heterocycles. The van der Waals surface area contributed by atoms with Crippen molar-refractivity contribution >= 4 is 34.5 Å². The van der Waals surface area contributed by atoms with Crippen LogP contribution in [0.1, 0.15) is 20.9 Å². The minimum atomic E-state index is -4.84. The Morgan fingerprint density at radius 1 is 1.13 bits per heavy atom. The molecular weight excluding hydrogens is 461 g/mol. The number of carbonyl (C=O) groups is 1. The third kappa shape index (κ3) is 4.13. The summed E-state index contributed by atoms with van der Waals surface area (Å²) in [5, 5.41) is 4.04. The van der Waals surface area contributed by atoms with Crippen LogP contribution in [0, 0.1) is 11.6 Å². The molecule has 0 aliphatic carbocycles. The van der Waals surface area contributed by atoms with E-state index >= 15 is 0 Å². The largest absolute Gasteiger partial charge is 0.420 e. The molecule has 0 unspecified atom stereocenters. The molecule has 0 bridgehead atoms. The summed E-state index contributed by atoms with van der Waals surface area (Å²) in [5.74, 6) is -3.09. The molecule has 0 aliphatic heterocycles. The Morgan fingerprint density at radius 2 is 1.90 bits per heavy atom. The van der Waals surface area contributed by atoms with Gasteiger partial charge in [-0.2, -0.15) is 13.2 Å². The molecule has 0 saturated heterocycles. The Hall–Kier alpha value is -2.98. The van der Waals surface area contributed by atoms with E-state index in [4.69, 9.17) is 11.6 Å². The molecule has 11 heteroatoms. The fourth-order valence-corrected chi connectivity index (χ4v) is 3.87. The van der Waals surface area contributed by atoms with Crippen LogP contribution in [0.4, 0.5) is 22.0 Å². The fraction of sp³-hybridized carbons (Fsp3) is 0.100. The van der Waals surface area contributed by atoms with Gasteiger partial charge >= 0.3 is 6.18 Å². The summed E-state index contributed by atoms with van der Waals surface area (Å²) in [6.07, 6.45) is -3.65. The predicted molar refractivity (Wildman–Crippen MR) is 106 cm³/mol. The van der Waals surface area contributed by atoms with E-state index in [1.165, 1.54) is 17.5 Å². The Labute approximate surface area is 180 Å². The first-order chi connectivity index (χ1) is 14.6. The maximum atomic E-state index is 13.7. The number of rotatable bonds is 4. The number of hydrogen-bond donors (Lipinski definition) is 1. The zero-order valence-electron chi connectivity index (χ0n) is 15.3. The molecule has 1 amide bonds. The molecule has 1 aromatic carbocycles. The van der Waals surface area contributed by atoms with Gasteiger partial charge in [-0.1, -0.05) is 23.7 Å². The van der Waals surface area contributed by atoms with Gasteiger partial charge in [0.1, 0.15) is 5.15 Å². The zero-order valence-corrected chi connectivity index (χ0v) is 16.9. The highest BCUT2D eigenvalue weighted by Gasteiger charge is 2.36. The van der Waals surface area contributed by atoms with E-state index in [2.05, 4.69) is 10.3 Å². The van der Waals surface area contributed by atoms with Gasteiger partial charge in [0.25, 0.3) is 5.91 Å². The van der Waals surface area contributed by atoms with E-state index in [-0.39, 0.29) is 28.5 Å². The van der Waals surface area contributed by atoms with E-state index in [0.717, 1.165) is 33.5 Å². The molecule has 4 nitrogen and oxygen atoms in total. The van der Waals surface area contributed by atoms with Crippen LogP contribution in [0.5, 0.6) is 0 Å². The standard InChI is InChI=1S/C20H11ClF5N3OS/c21-17-16(19(30)27-8-12-2-1-5-31-12)28-18-13(20(24,25)26)6-11(9-29(17)18)10-3-4-14(22)15(23)7-10/h1-7,9H,8H2,(H,27,30). The SMILES string of the molecule is O=C(NCc1cccs1)c1nc2c(C(F)(F)F)cc(-c3ccc(F)c(F)c3)cn2c1Cl. The van der Waals surface area contributed by atoms with Crippen molar-refractivity contribution in [2.24, 2.45) is 0 Å². The van der Waals surface area contributed by atoms with Crippen molar-refractivity contribution in [3.63, 3.8) is 0 Å². The second-order valence-corrected chi connectivity index (χ2v) is 7.87. The molecule has 3 aromatic heterocycles. The van der Waals surface area contributed by atoms with Crippen LogP contribution in [0.3, 0.4) is 0 Å². The molecule has 0 aliphatic rings. The molecule has 0 spiro atoms. The second-order valence-electron chi connectivity index (χ2n) is 6.48. The molecule has 31 heavy (non-hydrogen) atoms. The molecule has 0 saturated carbocycles. The minimum absolute atomic E-state index is 0.000219. The van der Waals surface area contributed by atoms with Crippen LogP contribution in [0.2, 0.25) is 5.15 Å². The lowest BCUT2D eigenvalue weighted by Gasteiger charge is -2.11. The molecule has 0 radical (unpaired) electrons. The van der Waals surface area contributed by atoms with Crippen LogP contribution < -0.4 is 5.32 Å². The van der Waals surface area contributed by atoms with Gasteiger partial charge in [-0.05, 0) is 40.8 Å². The summed E-state index contributed by atoms with van der Waals surface area (Å²) < 4.78 is 68.9. The van der Waals surface area contributed by atoms with E-state index in [9.17, 15) is 26.7 Å². The topological polar surface area (TPSA) is 46.4 Å². The van der Waals surface area contributed by atoms with Gasteiger partial charge in [0, 0.05) is 11.1 Å². The Morgan fingerprint density at radius 3 is 2.55 bits per heavy atom. The number of pyridine rings is 1. The van der Waals surface area contributed by atoms with Crippen LogP contribution in [0.25, 0.3) is 16.8 Å². The van der Waals surface area contributed by atoms with E-state index < -0.39 is 34.9 Å². The van der Waals surface area contributed by atoms with Gasteiger partial charge in [0.05, 0.1) is 12.1 Å². The Balaban J connectivity index is 1.81. The lowest BCUT2D eigenvalue weighted by Crippen LogP contribution is -2.23. The number of carbonyl (C=O) groups excluding carboxylic acids is 1. The van der Waals surface area contributed by atoms with Gasteiger partial charge in [0.15, 0.2) is 23.0 Å². The first-order valence-corrected chi connectivity index (χ1v) is 9.95. The predicted octanol–water partition coefficient (Wildman–Crippen LogP) is 5.94. The summed E-state index contributed by atoms with van der Waals surface area (Å²) >= 11 is 7.59. The number of imidazole rings is 1. The summed E-state index contributed by atoms with van der Waals surface area (Å²) in [5.41, 5.74) is -2.21. The molecule has 160 valence electrons. The Bertz CT molecular complexity index is 1280. The number of amides is 1. The molecule has 0 atom stereocenters. The molecule has 0 fully saturated rings. The minimum Gasteiger partial charge on any atom is -0.346 e. The van der Waals surface area contributed by atoms with E-state index in [0.29, 0.717) is 0 Å². The summed E-state index contributed by atoms with van der Waals surface area (Å²) in [4.78, 5) is 17.1. The first kappa shape index (κ1) is 21.3.